The Hall–Kier alpha value is -2.16. The van der Waals surface area contributed by atoms with Crippen LogP contribution in [0.3, 0.4) is 0 Å². The van der Waals surface area contributed by atoms with Crippen LogP contribution in [0.5, 0.6) is 0 Å². The van der Waals surface area contributed by atoms with Crippen LogP contribution < -0.4 is 0 Å². The third-order valence-electron chi connectivity index (χ3n) is 5.13. The second-order valence-electron chi connectivity index (χ2n) is 8.61. The van der Waals surface area contributed by atoms with Gasteiger partial charge >= 0.3 is 0 Å². The highest BCUT2D eigenvalue weighted by Gasteiger charge is 2.09. The standard InChI is InChI=1S/C26H34N2/c1-21(2)16-22-8-7-9-23(17-22)19-28(15-14-27(3)4)20-24-12-13-25-10-5-6-11-26(25)18-24/h5-13,17-18,21H,14-16,19-20H2,1-4H3. The van der Waals surface area contributed by atoms with Gasteiger partial charge in [0.25, 0.3) is 0 Å². The molecule has 0 fully saturated rings. The van der Waals surface area contributed by atoms with Crippen LogP contribution in [0, 0.1) is 5.92 Å². The minimum absolute atomic E-state index is 0.692. The molecule has 0 saturated carbocycles. The van der Waals surface area contributed by atoms with E-state index in [1.54, 1.807) is 0 Å². The molecule has 0 N–H and O–H groups in total. The molecular weight excluding hydrogens is 340 g/mol. The van der Waals surface area contributed by atoms with Crippen molar-refractivity contribution in [3.05, 3.63) is 83.4 Å². The van der Waals surface area contributed by atoms with Crippen LogP contribution in [-0.2, 0) is 19.5 Å². The maximum atomic E-state index is 2.57. The van der Waals surface area contributed by atoms with Gasteiger partial charge in [0.1, 0.15) is 0 Å². The zero-order valence-corrected chi connectivity index (χ0v) is 17.9. The Kier molecular flexibility index (Phi) is 7.24. The smallest absolute Gasteiger partial charge is 0.0238 e. The van der Waals surface area contributed by atoms with Crippen molar-refractivity contribution in [2.24, 2.45) is 5.92 Å². The van der Waals surface area contributed by atoms with Crippen molar-refractivity contribution in [1.29, 1.82) is 0 Å². The molecule has 28 heavy (non-hydrogen) atoms. The third kappa shape index (κ3) is 6.19. The fourth-order valence-electron chi connectivity index (χ4n) is 3.74. The number of likely N-dealkylation sites (N-methyl/N-ethyl adjacent to an activating group) is 1. The Morgan fingerprint density at radius 1 is 0.679 bits per heavy atom. The van der Waals surface area contributed by atoms with E-state index in [0.717, 1.165) is 32.6 Å². The molecule has 0 atom stereocenters. The Morgan fingerprint density at radius 2 is 1.36 bits per heavy atom. The lowest BCUT2D eigenvalue weighted by atomic mass is 10.0. The second kappa shape index (κ2) is 9.86. The van der Waals surface area contributed by atoms with E-state index in [0.29, 0.717) is 5.92 Å². The molecule has 3 aromatic carbocycles. The molecule has 0 aliphatic carbocycles. The molecule has 3 aromatic rings. The Bertz CT molecular complexity index is 882. The first-order valence-electron chi connectivity index (χ1n) is 10.4. The van der Waals surface area contributed by atoms with Gasteiger partial charge in [-0.05, 0) is 60.0 Å². The minimum atomic E-state index is 0.692. The molecule has 2 nitrogen and oxygen atoms in total. The van der Waals surface area contributed by atoms with Gasteiger partial charge < -0.3 is 4.90 Å². The number of hydrogen-bond donors (Lipinski definition) is 0. The van der Waals surface area contributed by atoms with Gasteiger partial charge in [0.2, 0.25) is 0 Å². The zero-order valence-electron chi connectivity index (χ0n) is 17.9. The summed E-state index contributed by atoms with van der Waals surface area (Å²) in [5, 5.41) is 2.64. The minimum Gasteiger partial charge on any atom is -0.308 e. The predicted octanol–water partition coefficient (Wildman–Crippen LogP) is 5.60. The van der Waals surface area contributed by atoms with Gasteiger partial charge in [-0.1, -0.05) is 74.5 Å². The summed E-state index contributed by atoms with van der Waals surface area (Å²) in [6.07, 6.45) is 1.15. The number of hydrogen-bond acceptors (Lipinski definition) is 2. The zero-order chi connectivity index (χ0) is 19.9. The summed E-state index contributed by atoms with van der Waals surface area (Å²) in [6, 6.07) is 24.6. The molecule has 148 valence electrons. The molecule has 0 radical (unpaired) electrons. The van der Waals surface area contributed by atoms with Gasteiger partial charge in [0.05, 0.1) is 0 Å². The summed E-state index contributed by atoms with van der Waals surface area (Å²) in [4.78, 5) is 4.83. The van der Waals surface area contributed by atoms with Gasteiger partial charge in [-0.15, -0.1) is 0 Å². The average molecular weight is 375 g/mol. The van der Waals surface area contributed by atoms with Crippen molar-refractivity contribution in [3.63, 3.8) is 0 Å². The average Bonchev–Trinajstić information content (AvgIpc) is 2.66. The first-order chi connectivity index (χ1) is 13.5. The van der Waals surface area contributed by atoms with Crippen LogP contribution in [0.25, 0.3) is 10.8 Å². The number of rotatable bonds is 9. The highest BCUT2D eigenvalue weighted by atomic mass is 15.2. The molecule has 0 unspecified atom stereocenters. The summed E-state index contributed by atoms with van der Waals surface area (Å²) in [7, 11) is 4.30. The Balaban J connectivity index is 1.76. The first-order valence-corrected chi connectivity index (χ1v) is 10.4. The molecule has 0 saturated heterocycles. The monoisotopic (exact) mass is 374 g/mol. The molecule has 0 aliphatic heterocycles. The number of nitrogens with zero attached hydrogens (tertiary/aromatic N) is 2. The summed E-state index contributed by atoms with van der Waals surface area (Å²) in [5.41, 5.74) is 4.25. The molecule has 0 spiro atoms. The largest absolute Gasteiger partial charge is 0.308 e. The van der Waals surface area contributed by atoms with E-state index >= 15 is 0 Å². The first kappa shape index (κ1) is 20.6. The van der Waals surface area contributed by atoms with Crippen LogP contribution in [-0.4, -0.2) is 37.0 Å². The van der Waals surface area contributed by atoms with Crippen molar-refractivity contribution < 1.29 is 0 Å². The molecule has 2 heteroatoms. The van der Waals surface area contributed by atoms with E-state index in [4.69, 9.17) is 0 Å². The SMILES string of the molecule is CC(C)Cc1cccc(CN(CCN(C)C)Cc2ccc3ccccc3c2)c1. The number of benzene rings is 3. The van der Waals surface area contributed by atoms with E-state index < -0.39 is 0 Å². The summed E-state index contributed by atoms with van der Waals surface area (Å²) in [5.74, 6) is 0.692. The van der Waals surface area contributed by atoms with Crippen LogP contribution in [0.2, 0.25) is 0 Å². The molecule has 0 aromatic heterocycles. The van der Waals surface area contributed by atoms with Crippen LogP contribution in [0.15, 0.2) is 66.7 Å². The lowest BCUT2D eigenvalue weighted by molar-refractivity contribution is 0.226. The van der Waals surface area contributed by atoms with E-state index in [-0.39, 0.29) is 0 Å². The van der Waals surface area contributed by atoms with Crippen LogP contribution >= 0.6 is 0 Å². The van der Waals surface area contributed by atoms with Gasteiger partial charge in [-0.2, -0.15) is 0 Å². The van der Waals surface area contributed by atoms with Crippen molar-refractivity contribution in [3.8, 4) is 0 Å². The quantitative estimate of drug-likeness (QED) is 0.481. The topological polar surface area (TPSA) is 6.48 Å². The molecule has 3 rings (SSSR count). The third-order valence-corrected chi connectivity index (χ3v) is 5.13. The number of fused-ring (bicyclic) bond motifs is 1. The van der Waals surface area contributed by atoms with Crippen LogP contribution in [0.4, 0.5) is 0 Å². The highest BCUT2D eigenvalue weighted by molar-refractivity contribution is 5.82. The predicted molar refractivity (Wildman–Crippen MR) is 122 cm³/mol. The highest BCUT2D eigenvalue weighted by Crippen LogP contribution is 2.18. The Labute approximate surface area is 170 Å². The maximum Gasteiger partial charge on any atom is 0.0238 e. The fraction of sp³-hybridized carbons (Fsp3) is 0.385. The van der Waals surface area contributed by atoms with Crippen molar-refractivity contribution in [1.82, 2.24) is 9.80 Å². The van der Waals surface area contributed by atoms with Gasteiger partial charge in [-0.3, -0.25) is 4.90 Å². The fourth-order valence-corrected chi connectivity index (χ4v) is 3.74. The van der Waals surface area contributed by atoms with Crippen LogP contribution in [0.1, 0.15) is 30.5 Å². The summed E-state index contributed by atoms with van der Waals surface area (Å²) < 4.78 is 0. The maximum absolute atomic E-state index is 2.57. The molecule has 0 amide bonds. The molecule has 0 heterocycles. The van der Waals surface area contributed by atoms with Gasteiger partial charge in [0.15, 0.2) is 0 Å². The van der Waals surface area contributed by atoms with E-state index in [1.807, 2.05) is 0 Å². The second-order valence-corrected chi connectivity index (χ2v) is 8.61. The summed E-state index contributed by atoms with van der Waals surface area (Å²) in [6.45, 7) is 8.68. The van der Waals surface area contributed by atoms with E-state index in [1.165, 1.54) is 27.5 Å². The lowest BCUT2D eigenvalue weighted by Crippen LogP contribution is -2.31. The Morgan fingerprint density at radius 3 is 2.07 bits per heavy atom. The lowest BCUT2D eigenvalue weighted by Gasteiger charge is -2.25. The molecule has 0 aliphatic rings. The van der Waals surface area contributed by atoms with Gasteiger partial charge in [0, 0.05) is 26.2 Å². The van der Waals surface area contributed by atoms with Crippen molar-refractivity contribution in [2.45, 2.75) is 33.4 Å². The summed E-state index contributed by atoms with van der Waals surface area (Å²) >= 11 is 0. The van der Waals surface area contributed by atoms with Gasteiger partial charge in [-0.25, -0.2) is 0 Å². The van der Waals surface area contributed by atoms with E-state index in [9.17, 15) is 0 Å². The van der Waals surface area contributed by atoms with Crippen molar-refractivity contribution >= 4 is 10.8 Å². The molecular formula is C26H34N2. The van der Waals surface area contributed by atoms with Crippen molar-refractivity contribution in [2.75, 3.05) is 27.2 Å². The van der Waals surface area contributed by atoms with E-state index in [2.05, 4.69) is 104 Å². The normalized spacial score (nSPS) is 11.8. The molecule has 0 bridgehead atoms.